The van der Waals surface area contributed by atoms with Gasteiger partial charge in [-0.05, 0) is 13.8 Å². The third-order valence-corrected chi connectivity index (χ3v) is 2.78. The van der Waals surface area contributed by atoms with Crippen molar-refractivity contribution < 1.29 is 0 Å². The van der Waals surface area contributed by atoms with Crippen LogP contribution in [0.25, 0.3) is 0 Å². The summed E-state index contributed by atoms with van der Waals surface area (Å²) in [5.74, 6) is 2.38. The Hall–Kier alpha value is -0.110. The zero-order valence-electron chi connectivity index (χ0n) is 8.76. The van der Waals surface area contributed by atoms with Crippen molar-refractivity contribution in [1.29, 1.82) is 0 Å². The van der Waals surface area contributed by atoms with Crippen LogP contribution in [0.5, 0.6) is 0 Å². The quantitative estimate of drug-likeness (QED) is 0.621. The van der Waals surface area contributed by atoms with Gasteiger partial charge in [0.25, 0.3) is 0 Å². The molecule has 1 nitrogen and oxygen atoms in total. The molecule has 1 fully saturated rings. The van der Waals surface area contributed by atoms with Gasteiger partial charge in [-0.1, -0.05) is 20.4 Å². The summed E-state index contributed by atoms with van der Waals surface area (Å²) in [4.78, 5) is 2.39. The van der Waals surface area contributed by atoms with Gasteiger partial charge < -0.3 is 4.90 Å². The van der Waals surface area contributed by atoms with E-state index in [1.165, 1.54) is 18.0 Å². The minimum absolute atomic E-state index is 0.633. The van der Waals surface area contributed by atoms with Crippen molar-refractivity contribution in [2.45, 2.75) is 33.7 Å². The Morgan fingerprint density at radius 1 is 1.42 bits per heavy atom. The second kappa shape index (κ2) is 6.41. The average molecular weight is 187 g/mol. The van der Waals surface area contributed by atoms with Gasteiger partial charge in [-0.2, -0.15) is 11.8 Å². The Bertz CT molecular complexity index is 132. The van der Waals surface area contributed by atoms with Crippen molar-refractivity contribution in [3.63, 3.8) is 0 Å². The van der Waals surface area contributed by atoms with Crippen LogP contribution >= 0.6 is 11.8 Å². The SMILES string of the molecule is C=C1CSCCN1C(C)C.CC. The fraction of sp³-hybridized carbons (Fsp3) is 0.800. The van der Waals surface area contributed by atoms with Gasteiger partial charge in [0.15, 0.2) is 0 Å². The minimum atomic E-state index is 0.633. The summed E-state index contributed by atoms with van der Waals surface area (Å²) < 4.78 is 0. The Balaban J connectivity index is 0.000000561. The molecule has 1 aliphatic heterocycles. The summed E-state index contributed by atoms with van der Waals surface area (Å²) in [6.07, 6.45) is 0. The summed E-state index contributed by atoms with van der Waals surface area (Å²) in [5, 5.41) is 0. The normalized spacial score (nSPS) is 17.4. The van der Waals surface area contributed by atoms with E-state index in [0.717, 1.165) is 5.75 Å². The van der Waals surface area contributed by atoms with Crippen molar-refractivity contribution in [2.24, 2.45) is 0 Å². The monoisotopic (exact) mass is 187 g/mol. The van der Waals surface area contributed by atoms with Gasteiger partial charge in [-0.25, -0.2) is 0 Å². The maximum absolute atomic E-state index is 4.02. The molecule has 0 saturated carbocycles. The molecule has 0 bridgehead atoms. The Kier molecular flexibility index (Phi) is 6.35. The van der Waals surface area contributed by atoms with E-state index in [-0.39, 0.29) is 0 Å². The molecule has 72 valence electrons. The third-order valence-electron chi connectivity index (χ3n) is 1.77. The van der Waals surface area contributed by atoms with Gasteiger partial charge in [0.05, 0.1) is 0 Å². The molecule has 1 saturated heterocycles. The summed E-state index contributed by atoms with van der Waals surface area (Å²) in [6.45, 7) is 13.7. The van der Waals surface area contributed by atoms with E-state index >= 15 is 0 Å². The lowest BCUT2D eigenvalue weighted by molar-refractivity contribution is 0.299. The van der Waals surface area contributed by atoms with Gasteiger partial charge in [0.2, 0.25) is 0 Å². The van der Waals surface area contributed by atoms with Gasteiger partial charge in [0.1, 0.15) is 0 Å². The van der Waals surface area contributed by atoms with E-state index < -0.39 is 0 Å². The molecule has 0 aromatic rings. The molecule has 0 aromatic carbocycles. The van der Waals surface area contributed by atoms with Crippen molar-refractivity contribution in [2.75, 3.05) is 18.1 Å². The smallest absolute Gasteiger partial charge is 0.0329 e. The molecule has 12 heavy (non-hydrogen) atoms. The molecule has 0 atom stereocenters. The van der Waals surface area contributed by atoms with Gasteiger partial charge in [0, 0.05) is 29.8 Å². The average Bonchev–Trinajstić information content (AvgIpc) is 2.08. The van der Waals surface area contributed by atoms with Crippen LogP contribution in [0.1, 0.15) is 27.7 Å². The highest BCUT2D eigenvalue weighted by Crippen LogP contribution is 2.19. The fourth-order valence-corrected chi connectivity index (χ4v) is 2.09. The lowest BCUT2D eigenvalue weighted by atomic mass is 10.3. The van der Waals surface area contributed by atoms with Crippen molar-refractivity contribution in [1.82, 2.24) is 4.90 Å². The number of thioether (sulfide) groups is 1. The van der Waals surface area contributed by atoms with Gasteiger partial charge in [-0.15, -0.1) is 0 Å². The highest BCUT2D eigenvalue weighted by Gasteiger charge is 2.14. The zero-order chi connectivity index (χ0) is 9.56. The van der Waals surface area contributed by atoms with Crippen LogP contribution in [-0.2, 0) is 0 Å². The maximum Gasteiger partial charge on any atom is 0.0329 e. The summed E-state index contributed by atoms with van der Waals surface area (Å²) >= 11 is 1.98. The van der Waals surface area contributed by atoms with Crippen LogP contribution in [0.2, 0.25) is 0 Å². The van der Waals surface area contributed by atoms with Crippen LogP contribution in [0.4, 0.5) is 0 Å². The Labute approximate surface area is 81.2 Å². The van der Waals surface area contributed by atoms with Crippen molar-refractivity contribution in [3.8, 4) is 0 Å². The molecule has 0 unspecified atom stereocenters. The molecular formula is C10H21NS. The van der Waals surface area contributed by atoms with Crippen LogP contribution < -0.4 is 0 Å². The highest BCUT2D eigenvalue weighted by molar-refractivity contribution is 7.99. The van der Waals surface area contributed by atoms with E-state index in [2.05, 4.69) is 25.3 Å². The largest absolute Gasteiger partial charge is 0.371 e. The van der Waals surface area contributed by atoms with Crippen LogP contribution in [0, 0.1) is 0 Å². The molecule has 0 amide bonds. The van der Waals surface area contributed by atoms with Crippen LogP contribution in [0.3, 0.4) is 0 Å². The molecule has 0 aromatic heterocycles. The fourth-order valence-electron chi connectivity index (χ4n) is 1.22. The third kappa shape index (κ3) is 3.53. The van der Waals surface area contributed by atoms with E-state index in [9.17, 15) is 0 Å². The van der Waals surface area contributed by atoms with Gasteiger partial charge >= 0.3 is 0 Å². The molecule has 1 heterocycles. The van der Waals surface area contributed by atoms with E-state index in [4.69, 9.17) is 0 Å². The molecule has 0 aliphatic carbocycles. The van der Waals surface area contributed by atoms with Crippen molar-refractivity contribution in [3.05, 3.63) is 12.3 Å². The predicted octanol–water partition coefficient (Wildman–Crippen LogP) is 2.98. The topological polar surface area (TPSA) is 3.24 Å². The van der Waals surface area contributed by atoms with E-state index in [1.807, 2.05) is 25.6 Å². The molecule has 1 aliphatic rings. The number of nitrogens with zero attached hydrogens (tertiary/aromatic N) is 1. The number of hydrogen-bond donors (Lipinski definition) is 0. The first kappa shape index (κ1) is 11.9. The highest BCUT2D eigenvalue weighted by atomic mass is 32.2. The second-order valence-corrected chi connectivity index (χ2v) is 4.01. The Morgan fingerprint density at radius 2 is 2.00 bits per heavy atom. The summed E-state index contributed by atoms with van der Waals surface area (Å²) in [6, 6.07) is 0.633. The summed E-state index contributed by atoms with van der Waals surface area (Å²) in [7, 11) is 0. The standard InChI is InChI=1S/C8H15NS.C2H6/c1-7(2)9-4-5-10-6-8(9)3;1-2/h7H,3-6H2,1-2H3;1-2H3. The predicted molar refractivity (Wildman–Crippen MR) is 59.7 cm³/mol. The van der Waals surface area contributed by atoms with E-state index in [0.29, 0.717) is 6.04 Å². The molecular weight excluding hydrogens is 166 g/mol. The molecule has 2 heteroatoms. The first-order valence-electron chi connectivity index (χ1n) is 4.74. The maximum atomic E-state index is 4.02. The molecule has 0 radical (unpaired) electrons. The van der Waals surface area contributed by atoms with E-state index in [1.54, 1.807) is 0 Å². The summed E-state index contributed by atoms with van der Waals surface area (Å²) in [5.41, 5.74) is 1.30. The van der Waals surface area contributed by atoms with Crippen LogP contribution in [0.15, 0.2) is 12.3 Å². The van der Waals surface area contributed by atoms with Crippen LogP contribution in [-0.4, -0.2) is 29.0 Å². The van der Waals surface area contributed by atoms with Gasteiger partial charge in [-0.3, -0.25) is 0 Å². The lowest BCUT2D eigenvalue weighted by Gasteiger charge is -2.34. The molecule has 1 rings (SSSR count). The van der Waals surface area contributed by atoms with Crippen molar-refractivity contribution >= 4 is 11.8 Å². The first-order chi connectivity index (χ1) is 5.72. The molecule has 0 spiro atoms. The first-order valence-corrected chi connectivity index (χ1v) is 5.89. The lowest BCUT2D eigenvalue weighted by Crippen LogP contribution is -2.35. The zero-order valence-corrected chi connectivity index (χ0v) is 9.58. The molecule has 0 N–H and O–H groups in total. The number of hydrogen-bond acceptors (Lipinski definition) is 2. The number of rotatable bonds is 1. The second-order valence-electron chi connectivity index (χ2n) is 2.91. The Morgan fingerprint density at radius 3 is 2.33 bits per heavy atom. The minimum Gasteiger partial charge on any atom is -0.371 e.